The second kappa shape index (κ2) is 14.8. The number of nitrogen functional groups attached to an aromatic ring is 1. The van der Waals surface area contributed by atoms with Crippen molar-refractivity contribution >= 4 is 87.0 Å². The monoisotopic (exact) mass is 817 g/mol. The molecule has 3 aliphatic rings. The summed E-state index contributed by atoms with van der Waals surface area (Å²) < 4.78 is 0.589. The second-order valence-electron chi connectivity index (χ2n) is 13.7. The van der Waals surface area contributed by atoms with E-state index in [1.807, 2.05) is 24.3 Å². The zero-order chi connectivity index (χ0) is 39.3. The van der Waals surface area contributed by atoms with Crippen molar-refractivity contribution in [1.82, 2.24) is 15.2 Å². The number of hydrogen-bond acceptors (Lipinski definition) is 12. The first-order chi connectivity index (χ1) is 25.4. The molecule has 3 aliphatic heterocycles. The molecule has 1 aromatic heterocycles. The maximum Gasteiger partial charge on any atom is 0.352 e. The van der Waals surface area contributed by atoms with Gasteiger partial charge in [0.2, 0.25) is 5.60 Å². The molecule has 1 saturated heterocycles. The summed E-state index contributed by atoms with van der Waals surface area (Å²) in [6.07, 6.45) is 3.99. The number of phenolic OH excluding ortho intramolecular Hbond substituents is 2. The minimum Gasteiger partial charge on any atom is -0.503 e. The summed E-state index contributed by atoms with van der Waals surface area (Å²) in [6, 6.07) is 6.64. The summed E-state index contributed by atoms with van der Waals surface area (Å²) in [7, 11) is 2.08. The zero-order valence-electron chi connectivity index (χ0n) is 29.0. The SMILES string of the molecule is CC(C)(O/N=C(\C(=O)N[C@@H]1C(=O)N2C(C(=O)O)=C(/C=C\c3ccc(C[N+]4(C)CCc5c(Cl)c(O)c(O)c(Cl)c5C4)cc3)CS[C@H]12)c1csc(N)n1)C(=O)O. The number of β-lactam (4-membered cyclic amide) rings is 1. The molecule has 284 valence electrons. The number of carbonyl (C=O) groups excluding carboxylic acids is 2. The summed E-state index contributed by atoms with van der Waals surface area (Å²) in [5, 5.41) is 47.2. The van der Waals surface area contributed by atoms with Gasteiger partial charge in [-0.3, -0.25) is 14.5 Å². The molecule has 15 nitrogen and oxygen atoms in total. The van der Waals surface area contributed by atoms with E-state index in [-0.39, 0.29) is 32.3 Å². The third-order valence-corrected chi connectivity index (χ3v) is 12.1. The lowest BCUT2D eigenvalue weighted by Crippen LogP contribution is -2.71. The summed E-state index contributed by atoms with van der Waals surface area (Å²) in [5.74, 6) is -4.77. The second-order valence-corrected chi connectivity index (χ2v) is 16.5. The molecule has 0 saturated carbocycles. The highest BCUT2D eigenvalue weighted by Gasteiger charge is 2.54. The van der Waals surface area contributed by atoms with Crippen molar-refractivity contribution in [2.24, 2.45) is 5.16 Å². The molecule has 0 aliphatic carbocycles. The van der Waals surface area contributed by atoms with E-state index in [2.05, 4.69) is 22.5 Å². The number of hydrogen-bond donors (Lipinski definition) is 6. The first-order valence-electron chi connectivity index (χ1n) is 16.3. The van der Waals surface area contributed by atoms with Gasteiger partial charge in [-0.15, -0.1) is 23.1 Å². The lowest BCUT2D eigenvalue weighted by molar-refractivity contribution is -0.937. The van der Waals surface area contributed by atoms with Gasteiger partial charge in [0, 0.05) is 28.7 Å². The van der Waals surface area contributed by atoms with E-state index in [4.69, 9.17) is 33.8 Å². The Bertz CT molecular complexity index is 2170. The topological polar surface area (TPSA) is 225 Å². The lowest BCUT2D eigenvalue weighted by Gasteiger charge is -2.49. The van der Waals surface area contributed by atoms with Gasteiger partial charge < -0.3 is 40.8 Å². The van der Waals surface area contributed by atoms with Gasteiger partial charge in [0.05, 0.1) is 23.6 Å². The number of nitrogens with two attached hydrogens (primary N) is 1. The minimum absolute atomic E-state index is 0.00837. The molecule has 6 rings (SSSR count). The van der Waals surface area contributed by atoms with Crippen LogP contribution in [0, 0.1) is 0 Å². The smallest absolute Gasteiger partial charge is 0.352 e. The van der Waals surface area contributed by atoms with Crippen molar-refractivity contribution in [2.75, 3.05) is 25.1 Å². The molecule has 2 aromatic carbocycles. The number of oxime groups is 1. The zero-order valence-corrected chi connectivity index (χ0v) is 32.1. The molecule has 4 heterocycles. The lowest BCUT2D eigenvalue weighted by atomic mass is 9.96. The van der Waals surface area contributed by atoms with E-state index in [0.717, 1.165) is 39.5 Å². The maximum atomic E-state index is 13.4. The number of anilines is 1. The number of fused-ring (bicyclic) bond motifs is 2. The Morgan fingerprint density at radius 2 is 1.80 bits per heavy atom. The van der Waals surface area contributed by atoms with Crippen molar-refractivity contribution in [3.8, 4) is 11.5 Å². The van der Waals surface area contributed by atoms with E-state index in [0.29, 0.717) is 35.1 Å². The Kier molecular flexibility index (Phi) is 10.7. The fourth-order valence-electron chi connectivity index (χ4n) is 6.31. The number of carboxylic acid groups (broad SMARTS) is 2. The largest absolute Gasteiger partial charge is 0.503 e. The van der Waals surface area contributed by atoms with Crippen LogP contribution in [0.15, 0.2) is 52.1 Å². The Morgan fingerprint density at radius 3 is 2.41 bits per heavy atom. The molecule has 0 bridgehead atoms. The predicted octanol–water partition coefficient (Wildman–Crippen LogP) is 4.18. The molecule has 1 fully saturated rings. The standard InChI is InChI=1S/C35H34Cl2N6O9S2/c1-35(2,33(50)51)52-41-24(21-15-54-34(38)39-21)29(46)40-25-30(47)42-26(32(48)49)18(14-53-31(25)42)9-8-16-4-6-17(7-5-16)12-43(3)11-10-19-20(13-43)23(37)28(45)27(44)22(19)36/h4-9,15,25,31H,10-14H2,1-3H3,(H6-,38,39,40,41,44,45,46,48,49,50,51)/p+1/b9-8-/t25-,31-,43?/m1/s1. The number of phenols is 2. The molecule has 7 N–H and O–H groups in total. The number of benzene rings is 2. The summed E-state index contributed by atoms with van der Waals surface area (Å²) in [5.41, 5.74) is 7.03. The number of aromatic nitrogens is 1. The number of halogens is 2. The van der Waals surface area contributed by atoms with Crippen molar-refractivity contribution in [1.29, 1.82) is 0 Å². The van der Waals surface area contributed by atoms with Gasteiger partial charge in [-0.1, -0.05) is 64.8 Å². The molecule has 3 aromatic rings. The Labute approximate surface area is 326 Å². The van der Waals surface area contributed by atoms with Gasteiger partial charge in [-0.05, 0) is 30.5 Å². The highest BCUT2D eigenvalue weighted by Crippen LogP contribution is 2.47. The average molecular weight is 819 g/mol. The van der Waals surface area contributed by atoms with E-state index in [9.17, 15) is 39.6 Å². The highest BCUT2D eigenvalue weighted by molar-refractivity contribution is 8.00. The van der Waals surface area contributed by atoms with Gasteiger partial charge in [0.1, 0.15) is 35.9 Å². The normalized spacial score (nSPS) is 21.4. The fourth-order valence-corrected chi connectivity index (χ4v) is 8.74. The van der Waals surface area contributed by atoms with Crippen LogP contribution < -0.4 is 11.1 Å². The molecule has 1 unspecified atom stereocenters. The van der Waals surface area contributed by atoms with Gasteiger partial charge >= 0.3 is 11.9 Å². The van der Waals surface area contributed by atoms with Crippen LogP contribution in [0.1, 0.15) is 41.8 Å². The van der Waals surface area contributed by atoms with Crippen LogP contribution in [0.25, 0.3) is 6.08 Å². The van der Waals surface area contributed by atoms with Crippen LogP contribution in [0.5, 0.6) is 11.5 Å². The van der Waals surface area contributed by atoms with Crippen molar-refractivity contribution < 1.29 is 48.9 Å². The van der Waals surface area contributed by atoms with Crippen molar-refractivity contribution in [3.63, 3.8) is 0 Å². The van der Waals surface area contributed by atoms with Crippen LogP contribution in [-0.4, -0.2) is 101 Å². The van der Waals surface area contributed by atoms with Crippen molar-refractivity contribution in [3.05, 3.63) is 85.0 Å². The van der Waals surface area contributed by atoms with Crippen LogP contribution in [-0.2, 0) is 43.5 Å². The van der Waals surface area contributed by atoms with Crippen LogP contribution in [0.4, 0.5) is 5.13 Å². The van der Waals surface area contributed by atoms with Crippen LogP contribution in [0.3, 0.4) is 0 Å². The Balaban J connectivity index is 1.14. The van der Waals surface area contributed by atoms with Crippen LogP contribution in [0.2, 0.25) is 10.0 Å². The van der Waals surface area contributed by atoms with E-state index in [1.165, 1.54) is 31.0 Å². The first kappa shape index (κ1) is 38.9. The number of quaternary nitrogens is 1. The van der Waals surface area contributed by atoms with Gasteiger partial charge in [0.25, 0.3) is 11.8 Å². The van der Waals surface area contributed by atoms with Crippen LogP contribution >= 0.6 is 46.3 Å². The molecule has 3 atom stereocenters. The van der Waals surface area contributed by atoms with E-state index < -0.39 is 58.0 Å². The number of amides is 2. The number of aliphatic carboxylic acids is 2. The third-order valence-electron chi connectivity index (χ3n) is 9.34. The number of thiazole rings is 1. The number of aromatic hydroxyl groups is 2. The molecular formula is C35H35Cl2N6O9S2+. The van der Waals surface area contributed by atoms with Gasteiger partial charge in [-0.2, -0.15) is 0 Å². The Morgan fingerprint density at radius 1 is 1.13 bits per heavy atom. The van der Waals surface area contributed by atoms with Crippen molar-refractivity contribution in [2.45, 2.75) is 50.4 Å². The van der Waals surface area contributed by atoms with E-state index >= 15 is 0 Å². The van der Waals surface area contributed by atoms with Gasteiger partial charge in [-0.25, -0.2) is 14.6 Å². The number of carbonyl (C=O) groups is 4. The maximum absolute atomic E-state index is 13.4. The fraction of sp³-hybridized carbons (Fsp3) is 0.314. The predicted molar refractivity (Wildman–Crippen MR) is 203 cm³/mol. The number of allylic oxidation sites excluding steroid dienone is 1. The third kappa shape index (κ3) is 7.46. The molecular weight excluding hydrogens is 783 g/mol. The average Bonchev–Trinajstić information content (AvgIpc) is 3.56. The van der Waals surface area contributed by atoms with Gasteiger partial charge in [0.15, 0.2) is 22.3 Å². The van der Waals surface area contributed by atoms with E-state index in [1.54, 1.807) is 12.2 Å². The minimum atomic E-state index is -1.78. The molecule has 0 spiro atoms. The first-order valence-corrected chi connectivity index (χ1v) is 19.0. The molecule has 54 heavy (non-hydrogen) atoms. The number of thioether (sulfide) groups is 1. The number of nitrogens with zero attached hydrogens (tertiary/aromatic N) is 4. The number of carboxylic acids is 2. The molecule has 2 amide bonds. The molecule has 19 heteroatoms. The summed E-state index contributed by atoms with van der Waals surface area (Å²) in [4.78, 5) is 61.0. The number of nitrogens with one attached hydrogen (secondary N) is 1. The number of likely N-dealkylation sites (N-methyl/N-ethyl adjacent to an activating group) is 1. The summed E-state index contributed by atoms with van der Waals surface area (Å²) >= 11 is 15.0. The summed E-state index contributed by atoms with van der Waals surface area (Å²) in [6.45, 7) is 4.37. The molecule has 0 radical (unpaired) electrons. The number of rotatable bonds is 11. The Hall–Kier alpha value is -4.81. The quantitative estimate of drug-likeness (QED) is 0.0527. The highest BCUT2D eigenvalue weighted by atomic mass is 35.5.